The number of hydrogen-bond acceptors (Lipinski definition) is 3. The number of rotatable bonds is 8. The lowest BCUT2D eigenvalue weighted by Gasteiger charge is -2.26. The Hall–Kier alpha value is -6.25. The van der Waals surface area contributed by atoms with Gasteiger partial charge in [-0.05, 0) is 197 Å². The number of alkyl halides is 9. The summed E-state index contributed by atoms with van der Waals surface area (Å²) in [5, 5.41) is 1.97. The second-order valence-corrected chi connectivity index (χ2v) is 18.3. The lowest BCUT2D eigenvalue weighted by Crippen LogP contribution is -2.20. The van der Waals surface area contributed by atoms with Gasteiger partial charge >= 0.3 is 32.2 Å². The van der Waals surface area contributed by atoms with Gasteiger partial charge in [-0.2, -0.15) is 39.5 Å². The van der Waals surface area contributed by atoms with Crippen LogP contribution < -0.4 is 10.1 Å². The van der Waals surface area contributed by atoms with Crippen molar-refractivity contribution in [1.29, 1.82) is 0 Å². The molecule has 2 aliphatic carbocycles. The Labute approximate surface area is 385 Å². The van der Waals surface area contributed by atoms with Crippen molar-refractivity contribution in [3.05, 3.63) is 151 Å². The molecule has 0 atom stereocenters. The highest BCUT2D eigenvalue weighted by atomic mass is 19.4. The first-order chi connectivity index (χ1) is 32.2. The number of hydrogen-bond donors (Lipinski definition) is 1. The van der Waals surface area contributed by atoms with Crippen LogP contribution in [-0.4, -0.2) is 18.1 Å². The van der Waals surface area contributed by atoms with Crippen LogP contribution in [0, 0.1) is 20.8 Å². The van der Waals surface area contributed by atoms with E-state index in [4.69, 9.17) is 4.74 Å². The molecule has 7 aromatic rings. The van der Waals surface area contributed by atoms with E-state index in [1.165, 1.54) is 34.4 Å². The molecule has 1 N–H and O–H groups in total. The van der Waals surface area contributed by atoms with E-state index in [0.29, 0.717) is 12.1 Å². The van der Waals surface area contributed by atoms with Crippen LogP contribution in [0.1, 0.15) is 107 Å². The molecular weight excluding hydrogens is 897 g/mol. The van der Waals surface area contributed by atoms with Gasteiger partial charge in [-0.3, -0.25) is 4.79 Å². The fourth-order valence-electron chi connectivity index (χ4n) is 11.6. The number of halogens is 10. The third-order valence-electron chi connectivity index (χ3n) is 14.4. The molecule has 0 saturated heterocycles. The number of aryl methyl sites for hydroxylation is 3. The number of benzene rings is 6. The van der Waals surface area contributed by atoms with Gasteiger partial charge < -0.3 is 18.8 Å². The molecule has 1 aromatic heterocycles. The van der Waals surface area contributed by atoms with E-state index in [-0.39, 0.29) is 68.3 Å². The van der Waals surface area contributed by atoms with Crippen LogP contribution in [0.4, 0.5) is 43.8 Å². The first-order valence-corrected chi connectivity index (χ1v) is 22.6. The van der Waals surface area contributed by atoms with Crippen molar-refractivity contribution in [3.63, 3.8) is 0 Å². The third kappa shape index (κ3) is 7.24. The highest BCUT2D eigenvalue weighted by molar-refractivity contribution is 6.34. The number of nitrogens with zero attached hydrogens (tertiary/aromatic N) is 1. The Morgan fingerprint density at radius 3 is 1.75 bits per heavy atom. The van der Waals surface area contributed by atoms with E-state index in [1.54, 1.807) is 16.6 Å². The summed E-state index contributed by atoms with van der Waals surface area (Å²) in [6.45, 7) is 7.89. The van der Waals surface area contributed by atoms with Crippen molar-refractivity contribution in [2.24, 2.45) is 0 Å². The van der Waals surface area contributed by atoms with Crippen LogP contribution in [0.5, 0.6) is 5.75 Å². The zero-order valence-electron chi connectivity index (χ0n) is 37.5. The number of dihydropyridines is 1. The van der Waals surface area contributed by atoms with Crippen molar-refractivity contribution in [1.82, 2.24) is 9.79 Å². The van der Waals surface area contributed by atoms with Crippen molar-refractivity contribution in [2.45, 2.75) is 104 Å². The summed E-state index contributed by atoms with van der Waals surface area (Å²) in [4.78, 5) is 13.5. The van der Waals surface area contributed by atoms with Gasteiger partial charge in [0.2, 0.25) is 0 Å². The van der Waals surface area contributed by atoms with Crippen LogP contribution in [0.25, 0.3) is 48.7 Å². The van der Waals surface area contributed by atoms with Gasteiger partial charge in [0, 0.05) is 35.0 Å². The van der Waals surface area contributed by atoms with E-state index in [1.807, 2.05) is 27.0 Å². The maximum Gasteiger partial charge on any atom is 0.448 e. The zero-order chi connectivity index (χ0) is 48.4. The fraction of sp³-hybridized carbons (Fsp3) is 0.302. The number of allylic oxidation sites excluding steroid dienone is 3. The predicted molar refractivity (Wildman–Crippen MR) is 246 cm³/mol. The van der Waals surface area contributed by atoms with Crippen LogP contribution in [-0.2, 0) is 42.6 Å². The summed E-state index contributed by atoms with van der Waals surface area (Å²) in [5.74, 6) is -0.366. The average Bonchev–Trinajstić information content (AvgIpc) is 4.02. The molecule has 0 spiro atoms. The van der Waals surface area contributed by atoms with E-state index in [0.717, 1.165) is 108 Å². The Morgan fingerprint density at radius 2 is 1.18 bits per heavy atom. The topological polar surface area (TPSA) is 43.3 Å². The molecule has 68 heavy (non-hydrogen) atoms. The largest absolute Gasteiger partial charge is 0.448 e. The first kappa shape index (κ1) is 45.5. The molecule has 0 radical (unpaired) electrons. The Balaban J connectivity index is 0.988. The van der Waals surface area contributed by atoms with Crippen LogP contribution in [0.3, 0.4) is 0 Å². The van der Waals surface area contributed by atoms with E-state index >= 15 is 4.32 Å². The highest BCUT2D eigenvalue weighted by Gasteiger charge is 2.41. The van der Waals surface area contributed by atoms with Gasteiger partial charge in [0.05, 0.1) is 22.4 Å². The van der Waals surface area contributed by atoms with E-state index in [9.17, 15) is 44.3 Å². The first-order valence-electron chi connectivity index (χ1n) is 22.6. The molecular formula is C53H43BF10N2O2. The summed E-state index contributed by atoms with van der Waals surface area (Å²) in [7, 11) is -0.694. The monoisotopic (exact) mass is 940 g/mol. The van der Waals surface area contributed by atoms with Gasteiger partial charge in [0.1, 0.15) is 5.75 Å². The maximum atomic E-state index is 15.1. The average molecular weight is 941 g/mol. The van der Waals surface area contributed by atoms with Crippen LogP contribution >= 0.6 is 0 Å². The number of aromatic nitrogens is 1. The molecule has 0 bridgehead atoms. The quantitative estimate of drug-likeness (QED) is 0.0412. The lowest BCUT2D eigenvalue weighted by molar-refractivity contribution is -0.140. The number of fused-ring (bicyclic) bond motifs is 3. The molecule has 15 heteroatoms. The number of carbonyl (C=O) groups excluding carboxylic acids is 1. The molecule has 6 aromatic carbocycles. The SMILES string of the molecule is CC1=CN/C(=C(/c2c(C)cc(OC(=O)CCCc3ccc4c5ccc(C(F)(F)F)c6c(C(F)(F)F)ccc(c7ccc(C(F)(F)F)c3c47)c65)cc2C)c2c3c(c(C)n2BF)CCC3)C2=C1CCC2. The second kappa shape index (κ2) is 16.2. The van der Waals surface area contributed by atoms with Gasteiger partial charge in [0.15, 0.2) is 0 Å². The summed E-state index contributed by atoms with van der Waals surface area (Å²) in [5.41, 5.74) is 8.25. The van der Waals surface area contributed by atoms with Gasteiger partial charge in [-0.1, -0.05) is 30.3 Å². The highest BCUT2D eigenvalue weighted by Crippen LogP contribution is 2.51. The maximum absolute atomic E-state index is 15.1. The van der Waals surface area contributed by atoms with Gasteiger partial charge in [-0.25, -0.2) is 0 Å². The molecule has 10 rings (SSSR count). The number of carbonyl (C=O) groups is 1. The summed E-state index contributed by atoms with van der Waals surface area (Å²) in [6.07, 6.45) is -7.87. The molecule has 0 fully saturated rings. The minimum absolute atomic E-state index is 0.0364. The molecule has 350 valence electrons. The van der Waals surface area contributed by atoms with Crippen molar-refractivity contribution in [3.8, 4) is 5.75 Å². The minimum atomic E-state index is -5.16. The number of ether oxygens (including phenoxy) is 1. The Bertz CT molecular complexity index is 3290. The second-order valence-electron chi connectivity index (χ2n) is 18.3. The summed E-state index contributed by atoms with van der Waals surface area (Å²) in [6, 6.07) is 11.3. The smallest absolute Gasteiger partial charge is 0.427 e. The number of esters is 1. The summed E-state index contributed by atoms with van der Waals surface area (Å²) >= 11 is 0. The van der Waals surface area contributed by atoms with Crippen molar-refractivity contribution < 1.29 is 53.4 Å². The van der Waals surface area contributed by atoms with E-state index < -0.39 is 54.3 Å². The fourth-order valence-corrected chi connectivity index (χ4v) is 11.6. The normalized spacial score (nSPS) is 16.3. The Kier molecular flexibility index (Phi) is 10.8. The van der Waals surface area contributed by atoms with Gasteiger partial charge in [-0.15, -0.1) is 0 Å². The summed E-state index contributed by atoms with van der Waals surface area (Å²) < 4.78 is 153. The standard InChI is InChI=1S/C53H43BF10N2O2/c1-25-22-30(23-26(2)43(25)48(49-37-11-6-9-31(37)27(3)24-65-49)50-38-12-7-10-32(38)28(4)66(50)54-64)68-42(67)13-5-8-29-14-15-33-35-17-20-40(52(58,59)60)47-41(53(61,62)63)21-18-36(46(35)47)34-16-19-39(51(55,56)57)44(29)45(33)34/h14-24,54,65H,5-13H2,1-4H3/b49-48-. The zero-order valence-corrected chi connectivity index (χ0v) is 37.5. The minimum Gasteiger partial charge on any atom is -0.427 e. The molecule has 0 unspecified atom stereocenters. The predicted octanol–water partition coefficient (Wildman–Crippen LogP) is 14.8. The van der Waals surface area contributed by atoms with E-state index in [2.05, 4.69) is 12.2 Å². The lowest BCUT2D eigenvalue weighted by atomic mass is 9.83. The van der Waals surface area contributed by atoms with Crippen molar-refractivity contribution in [2.75, 3.05) is 0 Å². The molecule has 0 saturated carbocycles. The molecule has 3 aliphatic rings. The molecule has 1 aliphatic heterocycles. The number of nitrogens with one attached hydrogen (secondary N) is 1. The third-order valence-corrected chi connectivity index (χ3v) is 14.4. The van der Waals surface area contributed by atoms with Crippen molar-refractivity contribution >= 4 is 62.3 Å². The van der Waals surface area contributed by atoms with Gasteiger partial charge in [0.25, 0.3) is 0 Å². The van der Waals surface area contributed by atoms with Crippen LogP contribution in [0.15, 0.2) is 89.3 Å². The molecule has 4 nitrogen and oxygen atoms in total. The molecule has 2 heterocycles. The van der Waals surface area contributed by atoms with Crippen LogP contribution in [0.2, 0.25) is 0 Å². The molecule has 0 amide bonds. The Morgan fingerprint density at radius 1 is 0.662 bits per heavy atom.